The molecule has 1 saturated carbocycles. The average Bonchev–Trinajstić information content (AvgIpc) is 2.36. The van der Waals surface area contributed by atoms with E-state index in [9.17, 15) is 9.36 Å². The van der Waals surface area contributed by atoms with Crippen LogP contribution in [-0.4, -0.2) is 41.1 Å². The molecule has 0 spiro atoms. The second-order valence-corrected chi connectivity index (χ2v) is 7.62. The van der Waals surface area contributed by atoms with Gasteiger partial charge in [-0.2, -0.15) is 0 Å². The zero-order valence-corrected chi connectivity index (χ0v) is 12.7. The van der Waals surface area contributed by atoms with Crippen molar-refractivity contribution in [3.05, 3.63) is 0 Å². The van der Waals surface area contributed by atoms with E-state index in [2.05, 4.69) is 5.32 Å². The number of piperidine rings is 1. The van der Waals surface area contributed by atoms with E-state index in [1.165, 1.54) is 0 Å². The van der Waals surface area contributed by atoms with Crippen molar-refractivity contribution in [1.82, 2.24) is 5.32 Å². The first-order chi connectivity index (χ1) is 9.40. The number of rotatable bonds is 4. The minimum absolute atomic E-state index is 0.0201. The Bertz CT molecular complexity index is 396. The number of nitrogens with one attached hydrogen (secondary N) is 1. The molecule has 116 valence electrons. The summed E-state index contributed by atoms with van der Waals surface area (Å²) in [7, 11) is -3.93. The molecule has 1 saturated heterocycles. The number of hydrogen-bond acceptors (Lipinski definition) is 4. The molecule has 7 heteroatoms. The summed E-state index contributed by atoms with van der Waals surface area (Å²) >= 11 is 0. The Morgan fingerprint density at radius 3 is 2.75 bits per heavy atom. The highest BCUT2D eigenvalue weighted by Gasteiger charge is 2.42. The Labute approximate surface area is 119 Å². The zero-order chi connectivity index (χ0) is 14.8. The average molecular weight is 305 g/mol. The summed E-state index contributed by atoms with van der Waals surface area (Å²) in [4.78, 5) is 30.2. The van der Waals surface area contributed by atoms with Crippen LogP contribution in [0.25, 0.3) is 0 Å². The highest BCUT2D eigenvalue weighted by molar-refractivity contribution is 7.51. The van der Waals surface area contributed by atoms with E-state index in [0.29, 0.717) is 12.5 Å². The molecule has 4 unspecified atom stereocenters. The number of carbonyl (C=O) groups excluding carboxylic acids is 1. The highest BCUT2D eigenvalue weighted by Crippen LogP contribution is 2.46. The van der Waals surface area contributed by atoms with E-state index < -0.39 is 7.60 Å². The van der Waals surface area contributed by atoms with Crippen LogP contribution in [0.15, 0.2) is 0 Å². The fraction of sp³-hybridized carbons (Fsp3) is 0.923. The molecule has 0 aromatic rings. The first kappa shape index (κ1) is 16.0. The molecule has 0 aromatic carbocycles. The van der Waals surface area contributed by atoms with E-state index in [1.54, 1.807) is 6.92 Å². The van der Waals surface area contributed by atoms with Gasteiger partial charge in [0.2, 0.25) is 0 Å². The van der Waals surface area contributed by atoms with Crippen molar-refractivity contribution in [3.63, 3.8) is 0 Å². The first-order valence-electron chi connectivity index (χ1n) is 7.35. The predicted molar refractivity (Wildman–Crippen MR) is 74.3 cm³/mol. The SMILES string of the molecule is CCOC(=O)C1NCCC2CC(CP(=O)(O)O)CCC21. The summed E-state index contributed by atoms with van der Waals surface area (Å²) in [6, 6.07) is -0.246. The van der Waals surface area contributed by atoms with Crippen LogP contribution in [0.3, 0.4) is 0 Å². The molecule has 2 fully saturated rings. The van der Waals surface area contributed by atoms with Gasteiger partial charge in [0.15, 0.2) is 0 Å². The van der Waals surface area contributed by atoms with Crippen LogP contribution in [0.1, 0.15) is 32.6 Å². The van der Waals surface area contributed by atoms with Crippen molar-refractivity contribution in [3.8, 4) is 0 Å². The van der Waals surface area contributed by atoms with Gasteiger partial charge < -0.3 is 19.8 Å². The third-order valence-electron chi connectivity index (χ3n) is 4.49. The first-order valence-corrected chi connectivity index (χ1v) is 9.15. The lowest BCUT2D eigenvalue weighted by Crippen LogP contribution is -2.53. The molecule has 3 N–H and O–H groups in total. The molecule has 2 rings (SSSR count). The van der Waals surface area contributed by atoms with Gasteiger partial charge in [-0.1, -0.05) is 0 Å². The van der Waals surface area contributed by atoms with Crippen molar-refractivity contribution in [2.24, 2.45) is 17.8 Å². The Morgan fingerprint density at radius 2 is 2.10 bits per heavy atom. The van der Waals surface area contributed by atoms with Crippen LogP contribution in [0.2, 0.25) is 0 Å². The second-order valence-electron chi connectivity index (χ2n) is 5.92. The Balaban J connectivity index is 1.97. The van der Waals surface area contributed by atoms with Crippen molar-refractivity contribution >= 4 is 13.6 Å². The molecule has 20 heavy (non-hydrogen) atoms. The molecule has 2 aliphatic rings. The summed E-state index contributed by atoms with van der Waals surface area (Å²) in [6.07, 6.45) is 3.38. The lowest BCUT2D eigenvalue weighted by molar-refractivity contribution is -0.149. The number of hydrogen-bond donors (Lipinski definition) is 3. The van der Waals surface area contributed by atoms with Gasteiger partial charge in [-0.3, -0.25) is 9.36 Å². The van der Waals surface area contributed by atoms with Crippen LogP contribution in [0.4, 0.5) is 0 Å². The number of ether oxygens (including phenoxy) is 1. The number of esters is 1. The summed E-state index contributed by atoms with van der Waals surface area (Å²) < 4.78 is 16.2. The maximum atomic E-state index is 12.0. The third-order valence-corrected chi connectivity index (χ3v) is 5.49. The third kappa shape index (κ3) is 4.04. The topological polar surface area (TPSA) is 95.9 Å². The summed E-state index contributed by atoms with van der Waals surface area (Å²) in [6.45, 7) is 2.96. The minimum atomic E-state index is -3.93. The van der Waals surface area contributed by atoms with Gasteiger partial charge in [-0.05, 0) is 56.9 Å². The lowest BCUT2D eigenvalue weighted by atomic mass is 9.68. The quantitative estimate of drug-likeness (QED) is 0.532. The van der Waals surface area contributed by atoms with Crippen molar-refractivity contribution in [1.29, 1.82) is 0 Å². The molecule has 1 aliphatic carbocycles. The maximum absolute atomic E-state index is 12.0. The zero-order valence-electron chi connectivity index (χ0n) is 11.8. The Morgan fingerprint density at radius 1 is 1.35 bits per heavy atom. The molecule has 0 aromatic heterocycles. The summed E-state index contributed by atoms with van der Waals surface area (Å²) in [5.74, 6) is 0.514. The van der Waals surface area contributed by atoms with Gasteiger partial charge in [0.1, 0.15) is 6.04 Å². The van der Waals surface area contributed by atoms with Crippen molar-refractivity contribution in [2.75, 3.05) is 19.3 Å². The molecule has 4 atom stereocenters. The highest BCUT2D eigenvalue weighted by atomic mass is 31.2. The van der Waals surface area contributed by atoms with E-state index in [4.69, 9.17) is 14.5 Å². The largest absolute Gasteiger partial charge is 0.465 e. The van der Waals surface area contributed by atoms with Crippen LogP contribution in [0, 0.1) is 17.8 Å². The van der Waals surface area contributed by atoms with Gasteiger partial charge in [-0.15, -0.1) is 0 Å². The van der Waals surface area contributed by atoms with Crippen LogP contribution in [-0.2, 0) is 14.1 Å². The van der Waals surface area contributed by atoms with E-state index >= 15 is 0 Å². The van der Waals surface area contributed by atoms with Crippen molar-refractivity contribution < 1.29 is 23.9 Å². The molecule has 6 nitrogen and oxygen atoms in total. The van der Waals surface area contributed by atoms with Gasteiger partial charge >= 0.3 is 13.6 Å². The van der Waals surface area contributed by atoms with Crippen LogP contribution in [0.5, 0.6) is 0 Å². The molecular formula is C13H24NO5P. The fourth-order valence-corrected chi connectivity index (χ4v) is 4.73. The van der Waals surface area contributed by atoms with Gasteiger partial charge in [0.05, 0.1) is 12.8 Å². The predicted octanol–water partition coefficient (Wildman–Crippen LogP) is 1.12. The molecular weight excluding hydrogens is 281 g/mol. The smallest absolute Gasteiger partial charge is 0.325 e. The minimum Gasteiger partial charge on any atom is -0.465 e. The number of carbonyl (C=O) groups is 1. The molecule has 0 bridgehead atoms. The number of fused-ring (bicyclic) bond motifs is 1. The lowest BCUT2D eigenvalue weighted by Gasteiger charge is -2.43. The summed E-state index contributed by atoms with van der Waals surface area (Å²) in [5.41, 5.74) is 0. The molecule has 0 radical (unpaired) electrons. The molecule has 1 aliphatic heterocycles. The Kier molecular flexibility index (Phi) is 5.24. The summed E-state index contributed by atoms with van der Waals surface area (Å²) in [5, 5.41) is 3.24. The van der Waals surface area contributed by atoms with Gasteiger partial charge in [0.25, 0.3) is 0 Å². The van der Waals surface area contributed by atoms with Crippen molar-refractivity contribution in [2.45, 2.75) is 38.6 Å². The fourth-order valence-electron chi connectivity index (χ4n) is 3.72. The van der Waals surface area contributed by atoms with E-state index in [-0.39, 0.29) is 30.0 Å². The van der Waals surface area contributed by atoms with Crippen LogP contribution >= 0.6 is 7.60 Å². The monoisotopic (exact) mass is 305 g/mol. The second kappa shape index (κ2) is 6.56. The van der Waals surface area contributed by atoms with Gasteiger partial charge in [-0.25, -0.2) is 0 Å². The van der Waals surface area contributed by atoms with Crippen LogP contribution < -0.4 is 5.32 Å². The Hall–Kier alpha value is -0.420. The van der Waals surface area contributed by atoms with Gasteiger partial charge in [0, 0.05) is 0 Å². The standard InChI is InChI=1S/C13H24NO5P/c1-2-19-13(15)12-11-4-3-9(8-20(16,17)18)7-10(11)5-6-14-12/h9-12,14H,2-8H2,1H3,(H2,16,17,18). The van der Waals surface area contributed by atoms with E-state index in [0.717, 1.165) is 32.2 Å². The molecule has 1 heterocycles. The maximum Gasteiger partial charge on any atom is 0.325 e. The van der Waals surface area contributed by atoms with E-state index in [1.807, 2.05) is 0 Å². The molecule has 0 amide bonds. The normalized spacial score (nSPS) is 34.4.